The molecule has 2 aromatic heterocycles. The van der Waals surface area contributed by atoms with Crippen LogP contribution in [0.15, 0.2) is 42.9 Å². The number of anilines is 1. The van der Waals surface area contributed by atoms with Gasteiger partial charge in [0.2, 0.25) is 5.95 Å². The number of aromatic nitrogens is 4. The highest BCUT2D eigenvalue weighted by Crippen LogP contribution is 2.32. The highest BCUT2D eigenvalue weighted by molar-refractivity contribution is 5.78. The summed E-state index contributed by atoms with van der Waals surface area (Å²) in [6.07, 6.45) is 9.32. The summed E-state index contributed by atoms with van der Waals surface area (Å²) in [7, 11) is 3.66. The standard InChI is InChI=1S/C20H23N5O/c1-24-12-9-21-19(24)18-17(15-7-6-8-16(13-15)26-2)14-22-20(23-18)25-10-4-3-5-11-25/h6-9,12-14H,3-5,10-11H2,1-2H3. The van der Waals surface area contributed by atoms with E-state index in [2.05, 4.69) is 14.9 Å². The molecule has 1 aromatic carbocycles. The summed E-state index contributed by atoms with van der Waals surface area (Å²) < 4.78 is 7.37. The predicted molar refractivity (Wildman–Crippen MR) is 102 cm³/mol. The summed E-state index contributed by atoms with van der Waals surface area (Å²) in [5, 5.41) is 0. The third-order valence-corrected chi connectivity index (χ3v) is 4.83. The van der Waals surface area contributed by atoms with Gasteiger partial charge in [0.25, 0.3) is 0 Å². The second-order valence-corrected chi connectivity index (χ2v) is 6.57. The third-order valence-electron chi connectivity index (χ3n) is 4.83. The van der Waals surface area contributed by atoms with E-state index in [1.165, 1.54) is 19.3 Å². The van der Waals surface area contributed by atoms with Crippen molar-refractivity contribution in [2.45, 2.75) is 19.3 Å². The lowest BCUT2D eigenvalue weighted by Gasteiger charge is -2.27. The zero-order valence-electron chi connectivity index (χ0n) is 15.2. The zero-order valence-corrected chi connectivity index (χ0v) is 15.2. The maximum atomic E-state index is 5.38. The van der Waals surface area contributed by atoms with Crippen LogP contribution in [0.5, 0.6) is 5.75 Å². The van der Waals surface area contributed by atoms with Crippen molar-refractivity contribution in [3.63, 3.8) is 0 Å². The number of piperidine rings is 1. The Balaban J connectivity index is 1.83. The molecule has 134 valence electrons. The van der Waals surface area contributed by atoms with Crippen LogP contribution in [0.25, 0.3) is 22.6 Å². The number of imidazole rings is 1. The number of hydrogen-bond donors (Lipinski definition) is 0. The molecule has 4 rings (SSSR count). The highest BCUT2D eigenvalue weighted by atomic mass is 16.5. The van der Waals surface area contributed by atoms with Crippen LogP contribution in [-0.2, 0) is 7.05 Å². The molecule has 0 aliphatic carbocycles. The summed E-state index contributed by atoms with van der Waals surface area (Å²) in [6, 6.07) is 7.97. The molecule has 6 nitrogen and oxygen atoms in total. The lowest BCUT2D eigenvalue weighted by Crippen LogP contribution is -2.31. The molecular weight excluding hydrogens is 326 g/mol. The van der Waals surface area contributed by atoms with E-state index in [1.54, 1.807) is 13.3 Å². The molecule has 0 bridgehead atoms. The number of methoxy groups -OCH3 is 1. The van der Waals surface area contributed by atoms with Crippen molar-refractivity contribution in [1.82, 2.24) is 19.5 Å². The minimum absolute atomic E-state index is 0.786. The third kappa shape index (κ3) is 3.14. The number of ether oxygens (including phenoxy) is 1. The van der Waals surface area contributed by atoms with Gasteiger partial charge in [-0.3, -0.25) is 0 Å². The van der Waals surface area contributed by atoms with E-state index < -0.39 is 0 Å². The van der Waals surface area contributed by atoms with E-state index in [0.29, 0.717) is 0 Å². The van der Waals surface area contributed by atoms with Crippen LogP contribution in [0.1, 0.15) is 19.3 Å². The Hall–Kier alpha value is -2.89. The first-order chi connectivity index (χ1) is 12.8. The maximum Gasteiger partial charge on any atom is 0.226 e. The van der Waals surface area contributed by atoms with E-state index in [1.807, 2.05) is 48.3 Å². The SMILES string of the molecule is COc1cccc(-c2cnc(N3CCCCC3)nc2-c2nccn2C)c1. The van der Waals surface area contributed by atoms with E-state index in [-0.39, 0.29) is 0 Å². The summed E-state index contributed by atoms with van der Waals surface area (Å²) in [5.74, 6) is 2.44. The fourth-order valence-electron chi connectivity index (χ4n) is 3.38. The van der Waals surface area contributed by atoms with Crippen LogP contribution in [0.3, 0.4) is 0 Å². The first-order valence-electron chi connectivity index (χ1n) is 9.00. The molecule has 0 N–H and O–H groups in total. The molecule has 1 aliphatic heterocycles. The van der Waals surface area contributed by atoms with Gasteiger partial charge in [-0.15, -0.1) is 0 Å². The van der Waals surface area contributed by atoms with Crippen LogP contribution in [-0.4, -0.2) is 39.7 Å². The molecule has 0 radical (unpaired) electrons. The molecule has 3 heterocycles. The van der Waals surface area contributed by atoms with Gasteiger partial charge >= 0.3 is 0 Å². The lowest BCUT2D eigenvalue weighted by atomic mass is 10.0. The maximum absolute atomic E-state index is 5.38. The van der Waals surface area contributed by atoms with Crippen molar-refractivity contribution < 1.29 is 4.74 Å². The largest absolute Gasteiger partial charge is 0.497 e. The lowest BCUT2D eigenvalue weighted by molar-refractivity contribution is 0.415. The molecule has 6 heteroatoms. The number of benzene rings is 1. The van der Waals surface area contributed by atoms with Gasteiger partial charge in [-0.1, -0.05) is 12.1 Å². The molecule has 1 aliphatic rings. The van der Waals surface area contributed by atoms with Crippen LogP contribution in [0.2, 0.25) is 0 Å². The Morgan fingerprint density at radius 2 is 1.92 bits per heavy atom. The summed E-state index contributed by atoms with van der Waals surface area (Å²) in [4.78, 5) is 16.4. The summed E-state index contributed by atoms with van der Waals surface area (Å²) in [6.45, 7) is 2.02. The van der Waals surface area contributed by atoms with Crippen LogP contribution in [0, 0.1) is 0 Å². The molecule has 0 atom stereocenters. The van der Waals surface area contributed by atoms with Crippen LogP contribution < -0.4 is 9.64 Å². The minimum Gasteiger partial charge on any atom is -0.497 e. The van der Waals surface area contributed by atoms with Gasteiger partial charge in [0.1, 0.15) is 11.4 Å². The predicted octanol–water partition coefficient (Wildman–Crippen LogP) is 3.54. The average Bonchev–Trinajstić information content (AvgIpc) is 3.14. The molecule has 0 unspecified atom stereocenters. The first-order valence-corrected chi connectivity index (χ1v) is 9.00. The smallest absolute Gasteiger partial charge is 0.226 e. The summed E-state index contributed by atoms with van der Waals surface area (Å²) >= 11 is 0. The van der Waals surface area contributed by atoms with Crippen molar-refractivity contribution in [3.8, 4) is 28.4 Å². The molecule has 0 amide bonds. The second kappa shape index (κ2) is 7.15. The fourth-order valence-corrected chi connectivity index (χ4v) is 3.38. The zero-order chi connectivity index (χ0) is 17.9. The van der Waals surface area contributed by atoms with E-state index in [9.17, 15) is 0 Å². The number of nitrogens with zero attached hydrogens (tertiary/aromatic N) is 5. The van der Waals surface area contributed by atoms with Crippen molar-refractivity contribution in [3.05, 3.63) is 42.9 Å². The van der Waals surface area contributed by atoms with Crippen LogP contribution in [0.4, 0.5) is 5.95 Å². The molecular formula is C20H23N5O. The molecule has 0 spiro atoms. The summed E-state index contributed by atoms with van der Waals surface area (Å²) in [5.41, 5.74) is 2.83. The highest BCUT2D eigenvalue weighted by Gasteiger charge is 2.19. The van der Waals surface area contributed by atoms with Crippen LogP contribution >= 0.6 is 0 Å². The number of rotatable bonds is 4. The minimum atomic E-state index is 0.786. The molecule has 3 aromatic rings. The topological polar surface area (TPSA) is 56.1 Å². The average molecular weight is 349 g/mol. The quantitative estimate of drug-likeness (QED) is 0.721. The van der Waals surface area contributed by atoms with Gasteiger partial charge in [0.05, 0.1) is 7.11 Å². The second-order valence-electron chi connectivity index (χ2n) is 6.57. The van der Waals surface area contributed by atoms with E-state index in [0.717, 1.165) is 47.4 Å². The molecule has 0 saturated carbocycles. The van der Waals surface area contributed by atoms with E-state index in [4.69, 9.17) is 9.72 Å². The van der Waals surface area contributed by atoms with Gasteiger partial charge in [-0.25, -0.2) is 15.0 Å². The van der Waals surface area contributed by atoms with Gasteiger partial charge in [0.15, 0.2) is 5.82 Å². The Morgan fingerprint density at radius 3 is 2.65 bits per heavy atom. The Labute approximate surface area is 153 Å². The van der Waals surface area contributed by atoms with Crippen molar-refractivity contribution in [2.75, 3.05) is 25.1 Å². The normalized spacial score (nSPS) is 14.5. The van der Waals surface area contributed by atoms with Gasteiger partial charge in [-0.2, -0.15) is 0 Å². The first kappa shape index (κ1) is 16.6. The Kier molecular flexibility index (Phi) is 4.56. The van der Waals surface area contributed by atoms with Crippen molar-refractivity contribution in [1.29, 1.82) is 0 Å². The van der Waals surface area contributed by atoms with Gasteiger partial charge < -0.3 is 14.2 Å². The molecule has 26 heavy (non-hydrogen) atoms. The van der Waals surface area contributed by atoms with Crippen molar-refractivity contribution >= 4 is 5.95 Å². The van der Waals surface area contributed by atoms with E-state index >= 15 is 0 Å². The number of hydrogen-bond acceptors (Lipinski definition) is 5. The fraction of sp³-hybridized carbons (Fsp3) is 0.350. The molecule has 1 saturated heterocycles. The number of aryl methyl sites for hydroxylation is 1. The molecule has 1 fully saturated rings. The Bertz CT molecular complexity index is 899. The van der Waals surface area contributed by atoms with Gasteiger partial charge in [-0.05, 0) is 37.0 Å². The monoisotopic (exact) mass is 349 g/mol. The van der Waals surface area contributed by atoms with Crippen molar-refractivity contribution in [2.24, 2.45) is 7.05 Å². The van der Waals surface area contributed by atoms with Gasteiger partial charge in [0, 0.05) is 44.3 Å². The Morgan fingerprint density at radius 1 is 1.08 bits per heavy atom.